The Hall–Kier alpha value is -4.16. The van der Waals surface area contributed by atoms with Crippen molar-refractivity contribution in [2.45, 2.75) is 19.3 Å². The lowest BCUT2D eigenvalue weighted by molar-refractivity contribution is 0.316. The molecular formula is C34H37FN4O. The predicted octanol–water partition coefficient (Wildman–Crippen LogP) is 7.06. The van der Waals surface area contributed by atoms with Crippen LogP contribution in [0.4, 0.5) is 4.39 Å². The normalized spacial score (nSPS) is 14.3. The molecule has 0 bridgehead atoms. The maximum atomic E-state index is 14.5. The zero-order valence-corrected chi connectivity index (χ0v) is 23.3. The minimum atomic E-state index is -0.475. The number of rotatable bonds is 12. The number of nitrogens with zero attached hydrogens (tertiary/aromatic N) is 2. The van der Waals surface area contributed by atoms with Crippen molar-refractivity contribution in [3.8, 4) is 5.75 Å². The molecule has 0 spiro atoms. The second-order valence-corrected chi connectivity index (χ2v) is 10.4. The largest absolute Gasteiger partial charge is 0.492 e. The Morgan fingerprint density at radius 1 is 1.05 bits per heavy atom. The molecule has 2 N–H and O–H groups in total. The van der Waals surface area contributed by atoms with Gasteiger partial charge in [-0.1, -0.05) is 67.6 Å². The topological polar surface area (TPSA) is 53.2 Å². The molecule has 1 fully saturated rings. The van der Waals surface area contributed by atoms with Crippen molar-refractivity contribution in [1.82, 2.24) is 20.4 Å². The van der Waals surface area contributed by atoms with Gasteiger partial charge in [0.25, 0.3) is 0 Å². The number of likely N-dealkylation sites (N-methyl/N-ethyl adjacent to an activating group) is 1. The van der Waals surface area contributed by atoms with Gasteiger partial charge < -0.3 is 15.0 Å². The molecular weight excluding hydrogens is 499 g/mol. The van der Waals surface area contributed by atoms with Gasteiger partial charge in [-0.15, -0.1) is 5.10 Å². The maximum Gasteiger partial charge on any atom is 0.240 e. The molecule has 1 aliphatic rings. The summed E-state index contributed by atoms with van der Waals surface area (Å²) in [5.74, 6) is 0.812. The summed E-state index contributed by atoms with van der Waals surface area (Å²) >= 11 is 0. The Morgan fingerprint density at radius 2 is 1.80 bits per heavy atom. The van der Waals surface area contributed by atoms with Crippen molar-refractivity contribution in [3.05, 3.63) is 120 Å². The van der Waals surface area contributed by atoms with Gasteiger partial charge in [0.2, 0.25) is 5.95 Å². The van der Waals surface area contributed by atoms with Crippen molar-refractivity contribution in [3.63, 3.8) is 0 Å². The Labute approximate surface area is 236 Å². The number of hydrogen-bond donors (Lipinski definition) is 2. The molecule has 0 atom stereocenters. The smallest absolute Gasteiger partial charge is 0.240 e. The quantitative estimate of drug-likeness (QED) is 0.116. The van der Waals surface area contributed by atoms with E-state index in [9.17, 15) is 4.39 Å². The van der Waals surface area contributed by atoms with Gasteiger partial charge in [-0.25, -0.2) is 0 Å². The summed E-state index contributed by atoms with van der Waals surface area (Å²) in [5.41, 5.74) is 7.41. The minimum Gasteiger partial charge on any atom is -0.492 e. The van der Waals surface area contributed by atoms with Gasteiger partial charge in [0, 0.05) is 32.9 Å². The molecule has 0 radical (unpaired) electrons. The van der Waals surface area contributed by atoms with Crippen LogP contribution in [0.2, 0.25) is 0 Å². The molecule has 0 saturated heterocycles. The summed E-state index contributed by atoms with van der Waals surface area (Å²) in [6, 6.07) is 24.8. The standard InChI is InChI=1S/C34H37FN4O/c1-24(39(2)3)9-8-20-36-21-22-40-29-17-14-27(15-18-29)33(28-16-19-31-30(23-28)34(35)38-37-31)32(26-12-7-13-26)25-10-5-4-6-11-25/h4-6,8-11,14-19,23,26,36H,1,7,12-13,20-22H2,2-3H3,(H,37,38)/b9-8+,33-32-. The summed E-state index contributed by atoms with van der Waals surface area (Å²) < 4.78 is 20.5. The van der Waals surface area contributed by atoms with Gasteiger partial charge in [0.15, 0.2) is 0 Å². The summed E-state index contributed by atoms with van der Waals surface area (Å²) in [4.78, 5) is 1.98. The van der Waals surface area contributed by atoms with E-state index in [2.05, 4.69) is 70.6 Å². The number of allylic oxidation sites excluding steroid dienone is 2. The van der Waals surface area contributed by atoms with Crippen LogP contribution in [-0.4, -0.2) is 48.9 Å². The Morgan fingerprint density at radius 3 is 2.50 bits per heavy atom. The third-order valence-corrected chi connectivity index (χ3v) is 7.51. The molecule has 40 heavy (non-hydrogen) atoms. The summed E-state index contributed by atoms with van der Waals surface area (Å²) in [6.45, 7) is 6.05. The monoisotopic (exact) mass is 536 g/mol. The van der Waals surface area contributed by atoms with E-state index < -0.39 is 5.95 Å². The fraction of sp³-hybridized carbons (Fsp3) is 0.265. The first kappa shape index (κ1) is 27.4. The van der Waals surface area contributed by atoms with Crippen LogP contribution in [0.25, 0.3) is 22.0 Å². The van der Waals surface area contributed by atoms with Crippen LogP contribution >= 0.6 is 0 Å². The van der Waals surface area contributed by atoms with Gasteiger partial charge in [-0.2, -0.15) is 4.39 Å². The van der Waals surface area contributed by atoms with Crippen molar-refractivity contribution in [2.75, 3.05) is 33.8 Å². The number of benzene rings is 3. The van der Waals surface area contributed by atoms with E-state index in [1.807, 2.05) is 55.4 Å². The molecule has 3 aromatic carbocycles. The number of nitrogens with one attached hydrogen (secondary N) is 2. The Kier molecular flexibility index (Phi) is 8.77. The summed E-state index contributed by atoms with van der Waals surface area (Å²) in [6.07, 6.45) is 7.60. The highest BCUT2D eigenvalue weighted by Crippen LogP contribution is 2.45. The predicted molar refractivity (Wildman–Crippen MR) is 163 cm³/mol. The van der Waals surface area contributed by atoms with Crippen LogP contribution in [0.5, 0.6) is 5.75 Å². The third kappa shape index (κ3) is 6.35. The summed E-state index contributed by atoms with van der Waals surface area (Å²) in [5, 5.41) is 10.4. The fourth-order valence-corrected chi connectivity index (χ4v) is 5.00. The molecule has 0 aliphatic heterocycles. The van der Waals surface area contributed by atoms with Gasteiger partial charge in [-0.05, 0) is 76.9 Å². The van der Waals surface area contributed by atoms with E-state index in [-0.39, 0.29) is 0 Å². The van der Waals surface area contributed by atoms with Crippen molar-refractivity contribution < 1.29 is 9.13 Å². The van der Waals surface area contributed by atoms with Gasteiger partial charge in [-0.3, -0.25) is 5.10 Å². The van der Waals surface area contributed by atoms with E-state index in [0.717, 1.165) is 54.1 Å². The molecule has 206 valence electrons. The van der Waals surface area contributed by atoms with E-state index in [1.165, 1.54) is 17.6 Å². The highest BCUT2D eigenvalue weighted by atomic mass is 19.1. The lowest BCUT2D eigenvalue weighted by Gasteiger charge is -2.31. The maximum absolute atomic E-state index is 14.5. The van der Waals surface area contributed by atoms with Crippen LogP contribution in [0.1, 0.15) is 36.0 Å². The Bertz CT molecular complexity index is 1500. The van der Waals surface area contributed by atoms with Crippen LogP contribution in [0.15, 0.2) is 97.2 Å². The first-order chi connectivity index (χ1) is 19.5. The van der Waals surface area contributed by atoms with Crippen molar-refractivity contribution in [2.24, 2.45) is 5.92 Å². The van der Waals surface area contributed by atoms with Crippen LogP contribution in [0.3, 0.4) is 0 Å². The van der Waals surface area contributed by atoms with Crippen molar-refractivity contribution >= 4 is 22.0 Å². The molecule has 1 aromatic heterocycles. The highest BCUT2D eigenvalue weighted by molar-refractivity contribution is 6.01. The molecule has 0 amide bonds. The number of halogens is 1. The molecule has 6 heteroatoms. The zero-order chi connectivity index (χ0) is 27.9. The SMILES string of the molecule is C=C(/C=C/CNCCOc1ccc(/C(=C(\c2ccccc2)C2CCC2)c2ccc3[nH]nc(F)c3c2)cc1)N(C)C. The van der Waals surface area contributed by atoms with Gasteiger partial charge in [0.05, 0.1) is 10.9 Å². The van der Waals surface area contributed by atoms with Crippen molar-refractivity contribution in [1.29, 1.82) is 0 Å². The van der Waals surface area contributed by atoms with Crippen LogP contribution in [0, 0.1) is 11.9 Å². The second-order valence-electron chi connectivity index (χ2n) is 10.4. The average molecular weight is 537 g/mol. The van der Waals surface area contributed by atoms with E-state index in [4.69, 9.17) is 4.74 Å². The zero-order valence-electron chi connectivity index (χ0n) is 23.3. The average Bonchev–Trinajstić information content (AvgIpc) is 3.32. The molecule has 1 heterocycles. The lowest BCUT2D eigenvalue weighted by Crippen LogP contribution is -2.21. The van der Waals surface area contributed by atoms with Gasteiger partial charge in [0.1, 0.15) is 12.4 Å². The van der Waals surface area contributed by atoms with Gasteiger partial charge >= 0.3 is 0 Å². The number of fused-ring (bicyclic) bond motifs is 1. The number of hydrogen-bond acceptors (Lipinski definition) is 4. The number of H-pyrrole nitrogens is 1. The number of aromatic amines is 1. The van der Waals surface area contributed by atoms with Crippen LogP contribution < -0.4 is 10.1 Å². The highest BCUT2D eigenvalue weighted by Gasteiger charge is 2.27. The van der Waals surface area contributed by atoms with E-state index in [1.54, 1.807) is 0 Å². The molecule has 5 nitrogen and oxygen atoms in total. The second kappa shape index (κ2) is 12.8. The fourth-order valence-electron chi connectivity index (χ4n) is 5.00. The number of aromatic nitrogens is 2. The first-order valence-corrected chi connectivity index (χ1v) is 13.9. The number of ether oxygens (including phenoxy) is 1. The molecule has 1 saturated carbocycles. The van der Waals surface area contributed by atoms with E-state index >= 15 is 0 Å². The molecule has 1 aliphatic carbocycles. The molecule has 4 aromatic rings. The third-order valence-electron chi connectivity index (χ3n) is 7.51. The summed E-state index contributed by atoms with van der Waals surface area (Å²) in [7, 11) is 3.96. The Balaban J connectivity index is 1.39. The molecule has 5 rings (SSSR count). The van der Waals surface area contributed by atoms with Crippen LogP contribution in [-0.2, 0) is 0 Å². The van der Waals surface area contributed by atoms with E-state index in [0.29, 0.717) is 23.4 Å². The molecule has 0 unspecified atom stereocenters. The first-order valence-electron chi connectivity index (χ1n) is 13.9. The minimum absolute atomic E-state index is 0.466. The lowest BCUT2D eigenvalue weighted by atomic mass is 9.73.